The van der Waals surface area contributed by atoms with Gasteiger partial charge < -0.3 is 9.90 Å². The molecule has 0 N–H and O–H groups in total. The zero-order valence-electron chi connectivity index (χ0n) is 7.11. The number of carbonyl (C=O) groups excluding carboxylic acids is 1. The molecule has 2 heterocycles. The van der Waals surface area contributed by atoms with E-state index in [1.54, 1.807) is 18.3 Å². The van der Waals surface area contributed by atoms with Gasteiger partial charge in [0.25, 0.3) is 0 Å². The molecule has 4 nitrogen and oxygen atoms in total. The predicted molar refractivity (Wildman–Crippen MR) is 49.1 cm³/mol. The molecule has 0 unspecified atom stereocenters. The Morgan fingerprint density at radius 1 is 1.64 bits per heavy atom. The van der Waals surface area contributed by atoms with Crippen LogP contribution in [0.4, 0.5) is 0 Å². The molecule has 0 saturated carbocycles. The SMILES string of the molecule is O=C([O-])c1cnn2cccc(CCl)c12. The molecular weight excluding hydrogens is 204 g/mol. The van der Waals surface area contributed by atoms with Crippen molar-refractivity contribution >= 4 is 23.1 Å². The van der Waals surface area contributed by atoms with Crippen LogP contribution < -0.4 is 5.11 Å². The Balaban J connectivity index is 2.81. The van der Waals surface area contributed by atoms with Crippen molar-refractivity contribution in [1.29, 1.82) is 0 Å². The second kappa shape index (κ2) is 3.31. The van der Waals surface area contributed by atoms with Crippen molar-refractivity contribution in [2.45, 2.75) is 5.88 Å². The molecule has 2 aromatic rings. The fourth-order valence-electron chi connectivity index (χ4n) is 1.37. The molecule has 0 aliphatic rings. The number of halogens is 1. The van der Waals surface area contributed by atoms with Crippen molar-refractivity contribution in [2.75, 3.05) is 0 Å². The summed E-state index contributed by atoms with van der Waals surface area (Å²) >= 11 is 5.69. The fourth-order valence-corrected chi connectivity index (χ4v) is 1.59. The standard InChI is InChI=1S/C9H7ClN2O2/c10-4-6-2-1-3-12-8(6)7(5-11-12)9(13)14/h1-3,5H,4H2,(H,13,14)/p-1. The summed E-state index contributed by atoms with van der Waals surface area (Å²) in [4.78, 5) is 10.7. The summed E-state index contributed by atoms with van der Waals surface area (Å²) in [6, 6.07) is 3.52. The number of carbonyl (C=O) groups is 1. The highest BCUT2D eigenvalue weighted by Gasteiger charge is 2.08. The molecule has 14 heavy (non-hydrogen) atoms. The van der Waals surface area contributed by atoms with Crippen molar-refractivity contribution in [3.05, 3.63) is 35.7 Å². The molecular formula is C9H6ClN2O2-. The van der Waals surface area contributed by atoms with Gasteiger partial charge in [-0.05, 0) is 11.6 Å². The highest BCUT2D eigenvalue weighted by molar-refractivity contribution is 6.17. The molecule has 0 fully saturated rings. The summed E-state index contributed by atoms with van der Waals surface area (Å²) in [6.45, 7) is 0. The molecule has 0 aromatic carbocycles. The first kappa shape index (κ1) is 9.02. The molecule has 2 aromatic heterocycles. The molecule has 0 amide bonds. The maximum Gasteiger partial charge on any atom is 0.0796 e. The molecule has 0 aliphatic carbocycles. The third-order valence-electron chi connectivity index (χ3n) is 1.99. The Kier molecular flexibility index (Phi) is 2.13. The zero-order chi connectivity index (χ0) is 10.1. The van der Waals surface area contributed by atoms with E-state index in [0.29, 0.717) is 5.52 Å². The minimum atomic E-state index is -1.24. The molecule has 0 saturated heterocycles. The fraction of sp³-hybridized carbons (Fsp3) is 0.111. The van der Waals surface area contributed by atoms with Crippen molar-refractivity contribution in [2.24, 2.45) is 0 Å². The maximum absolute atomic E-state index is 10.7. The maximum atomic E-state index is 10.7. The summed E-state index contributed by atoms with van der Waals surface area (Å²) in [5, 5.41) is 14.6. The molecule has 0 atom stereocenters. The van der Waals surface area contributed by atoms with E-state index in [1.807, 2.05) is 0 Å². The first-order valence-electron chi connectivity index (χ1n) is 3.96. The van der Waals surface area contributed by atoms with Crippen LogP contribution in [-0.4, -0.2) is 15.6 Å². The number of nitrogens with zero attached hydrogens (tertiary/aromatic N) is 2. The third kappa shape index (κ3) is 1.24. The van der Waals surface area contributed by atoms with Gasteiger partial charge >= 0.3 is 0 Å². The van der Waals surface area contributed by atoms with Gasteiger partial charge in [-0.2, -0.15) is 5.10 Å². The Bertz CT molecular complexity index is 493. The minimum absolute atomic E-state index is 0.0706. The number of rotatable bonds is 2. The van der Waals surface area contributed by atoms with E-state index in [4.69, 9.17) is 11.6 Å². The van der Waals surface area contributed by atoms with Gasteiger partial charge in [-0.15, -0.1) is 11.6 Å². The molecule has 0 radical (unpaired) electrons. The average Bonchev–Trinajstić information content (AvgIpc) is 2.60. The lowest BCUT2D eigenvalue weighted by atomic mass is 10.2. The van der Waals surface area contributed by atoms with Gasteiger partial charge in [0.15, 0.2) is 0 Å². The molecule has 72 valence electrons. The highest BCUT2D eigenvalue weighted by Crippen LogP contribution is 2.16. The lowest BCUT2D eigenvalue weighted by Crippen LogP contribution is -2.22. The number of carboxylic acids is 1. The Labute approximate surface area is 84.7 Å². The highest BCUT2D eigenvalue weighted by atomic mass is 35.5. The van der Waals surface area contributed by atoms with E-state index in [0.717, 1.165) is 5.56 Å². The third-order valence-corrected chi connectivity index (χ3v) is 2.28. The summed E-state index contributed by atoms with van der Waals surface area (Å²) < 4.78 is 1.48. The van der Waals surface area contributed by atoms with E-state index in [-0.39, 0.29) is 11.4 Å². The van der Waals surface area contributed by atoms with Crippen LogP contribution in [0.2, 0.25) is 0 Å². The van der Waals surface area contributed by atoms with Gasteiger partial charge in [-0.25, -0.2) is 4.52 Å². The number of alkyl halides is 1. The zero-order valence-corrected chi connectivity index (χ0v) is 7.86. The van der Waals surface area contributed by atoms with Crippen LogP contribution in [0.1, 0.15) is 15.9 Å². The van der Waals surface area contributed by atoms with E-state index in [9.17, 15) is 9.90 Å². The number of aromatic carboxylic acids is 1. The summed E-state index contributed by atoms with van der Waals surface area (Å²) in [6.07, 6.45) is 2.93. The van der Waals surface area contributed by atoms with Gasteiger partial charge in [0, 0.05) is 17.6 Å². The number of carboxylic acid groups (broad SMARTS) is 1. The van der Waals surface area contributed by atoms with Crippen LogP contribution in [-0.2, 0) is 5.88 Å². The number of fused-ring (bicyclic) bond motifs is 1. The quantitative estimate of drug-likeness (QED) is 0.675. The first-order valence-corrected chi connectivity index (χ1v) is 4.50. The van der Waals surface area contributed by atoms with E-state index in [2.05, 4.69) is 5.10 Å². The number of hydrogen-bond acceptors (Lipinski definition) is 3. The normalized spacial score (nSPS) is 10.6. The Morgan fingerprint density at radius 3 is 3.07 bits per heavy atom. The predicted octanol–water partition coefficient (Wildman–Crippen LogP) is 0.437. The Hall–Kier alpha value is -1.55. The van der Waals surface area contributed by atoms with Gasteiger partial charge in [-0.3, -0.25) is 0 Å². The van der Waals surface area contributed by atoms with Crippen molar-refractivity contribution in [1.82, 2.24) is 9.61 Å². The smallest absolute Gasteiger partial charge is 0.0796 e. The number of pyridine rings is 1. The van der Waals surface area contributed by atoms with Crippen LogP contribution >= 0.6 is 11.6 Å². The molecule has 5 heteroatoms. The molecule has 2 rings (SSSR count). The topological polar surface area (TPSA) is 57.4 Å². The van der Waals surface area contributed by atoms with Crippen LogP contribution in [0, 0.1) is 0 Å². The van der Waals surface area contributed by atoms with E-state index in [1.165, 1.54) is 10.7 Å². The molecule has 0 bridgehead atoms. The van der Waals surface area contributed by atoms with Gasteiger partial charge in [0.2, 0.25) is 0 Å². The van der Waals surface area contributed by atoms with Gasteiger partial charge in [0.1, 0.15) is 0 Å². The first-order chi connectivity index (χ1) is 6.74. The second-order valence-electron chi connectivity index (χ2n) is 2.81. The van der Waals surface area contributed by atoms with Crippen LogP contribution in [0.25, 0.3) is 5.52 Å². The molecule has 0 aliphatic heterocycles. The summed E-state index contributed by atoms with van der Waals surface area (Å²) in [7, 11) is 0. The summed E-state index contributed by atoms with van der Waals surface area (Å²) in [5.41, 5.74) is 1.30. The lowest BCUT2D eigenvalue weighted by molar-refractivity contribution is -0.254. The van der Waals surface area contributed by atoms with Crippen molar-refractivity contribution in [3.63, 3.8) is 0 Å². The van der Waals surface area contributed by atoms with Gasteiger partial charge in [0.05, 0.1) is 17.7 Å². The molecule has 0 spiro atoms. The summed E-state index contributed by atoms with van der Waals surface area (Å²) in [5.74, 6) is -0.992. The van der Waals surface area contributed by atoms with Gasteiger partial charge in [-0.1, -0.05) is 6.07 Å². The van der Waals surface area contributed by atoms with Crippen molar-refractivity contribution in [3.8, 4) is 0 Å². The van der Waals surface area contributed by atoms with Crippen LogP contribution in [0.15, 0.2) is 24.5 Å². The Morgan fingerprint density at radius 2 is 2.43 bits per heavy atom. The lowest BCUT2D eigenvalue weighted by Gasteiger charge is -2.03. The minimum Gasteiger partial charge on any atom is -0.545 e. The average molecular weight is 210 g/mol. The van der Waals surface area contributed by atoms with Crippen LogP contribution in [0.3, 0.4) is 0 Å². The largest absolute Gasteiger partial charge is 0.545 e. The van der Waals surface area contributed by atoms with Crippen molar-refractivity contribution < 1.29 is 9.90 Å². The van der Waals surface area contributed by atoms with E-state index >= 15 is 0 Å². The number of aromatic nitrogens is 2. The second-order valence-corrected chi connectivity index (χ2v) is 3.07. The number of hydrogen-bond donors (Lipinski definition) is 0. The monoisotopic (exact) mass is 209 g/mol. The van der Waals surface area contributed by atoms with Crippen LogP contribution in [0.5, 0.6) is 0 Å². The van der Waals surface area contributed by atoms with E-state index < -0.39 is 5.97 Å².